The van der Waals surface area contributed by atoms with E-state index in [1.54, 1.807) is 0 Å². The van der Waals surface area contributed by atoms with Crippen LogP contribution >= 0.6 is 0 Å². The number of hydrogen-bond acceptors (Lipinski definition) is 6. The van der Waals surface area contributed by atoms with Crippen molar-refractivity contribution >= 4 is 0 Å². The molecule has 0 aromatic carbocycles. The maximum absolute atomic E-state index is 5.71. The van der Waals surface area contributed by atoms with Gasteiger partial charge in [-0.3, -0.25) is 0 Å². The lowest BCUT2D eigenvalue weighted by Crippen LogP contribution is -2.35. The third kappa shape index (κ3) is 13.2. The van der Waals surface area contributed by atoms with Gasteiger partial charge in [0.2, 0.25) is 0 Å². The zero-order valence-electron chi connectivity index (χ0n) is 14.1. The van der Waals surface area contributed by atoms with Crippen LogP contribution in [0.5, 0.6) is 0 Å². The van der Waals surface area contributed by atoms with E-state index in [0.717, 1.165) is 6.42 Å². The first-order valence-corrected chi connectivity index (χ1v) is 7.75. The lowest BCUT2D eigenvalue weighted by atomic mass is 9.89. The number of hydrogen-bond donors (Lipinski definition) is 3. The van der Waals surface area contributed by atoms with Gasteiger partial charge in [-0.2, -0.15) is 0 Å². The standard InChI is InChI=1S/C15H35N3O3/c1-12(16)7-19-6-5-15(4,10-20-8-13(2)17)11-21-9-14(3)18/h12-14H,5-11,16-18H2,1-4H3. The van der Waals surface area contributed by atoms with Crippen molar-refractivity contribution in [3.05, 3.63) is 0 Å². The van der Waals surface area contributed by atoms with Gasteiger partial charge in [-0.1, -0.05) is 6.92 Å². The van der Waals surface area contributed by atoms with E-state index < -0.39 is 0 Å². The zero-order valence-corrected chi connectivity index (χ0v) is 14.1. The summed E-state index contributed by atoms with van der Waals surface area (Å²) in [5.41, 5.74) is 17.0. The molecule has 0 aromatic rings. The summed E-state index contributed by atoms with van der Waals surface area (Å²) in [6, 6.07) is 0.127. The first-order chi connectivity index (χ1) is 9.75. The van der Waals surface area contributed by atoms with Crippen LogP contribution in [0.4, 0.5) is 0 Å². The average Bonchev–Trinajstić information content (AvgIpc) is 2.33. The van der Waals surface area contributed by atoms with Crippen LogP contribution < -0.4 is 17.2 Å². The zero-order chi connectivity index (χ0) is 16.3. The van der Waals surface area contributed by atoms with E-state index in [2.05, 4.69) is 6.92 Å². The molecule has 3 unspecified atom stereocenters. The van der Waals surface area contributed by atoms with Gasteiger partial charge in [0, 0.05) is 30.1 Å². The Balaban J connectivity index is 4.16. The third-order valence-electron chi connectivity index (χ3n) is 2.89. The van der Waals surface area contributed by atoms with E-state index in [0.29, 0.717) is 39.6 Å². The van der Waals surface area contributed by atoms with E-state index in [-0.39, 0.29) is 23.5 Å². The second kappa shape index (κ2) is 11.3. The minimum atomic E-state index is -0.110. The molecule has 0 radical (unpaired) electrons. The van der Waals surface area contributed by atoms with Crippen molar-refractivity contribution in [2.45, 2.75) is 52.2 Å². The van der Waals surface area contributed by atoms with Gasteiger partial charge in [0.05, 0.1) is 33.0 Å². The Bertz CT molecular complexity index is 234. The number of rotatable bonds is 13. The first kappa shape index (κ1) is 20.8. The molecule has 128 valence electrons. The maximum atomic E-state index is 5.71. The van der Waals surface area contributed by atoms with Crippen molar-refractivity contribution < 1.29 is 14.2 Å². The second-order valence-electron chi connectivity index (χ2n) is 6.60. The van der Waals surface area contributed by atoms with Crippen LogP contribution in [0.2, 0.25) is 0 Å². The van der Waals surface area contributed by atoms with Crippen molar-refractivity contribution in [1.29, 1.82) is 0 Å². The minimum Gasteiger partial charge on any atom is -0.380 e. The van der Waals surface area contributed by atoms with Gasteiger partial charge < -0.3 is 31.4 Å². The van der Waals surface area contributed by atoms with Crippen molar-refractivity contribution in [3.63, 3.8) is 0 Å². The molecule has 0 rings (SSSR count). The van der Waals surface area contributed by atoms with E-state index >= 15 is 0 Å². The van der Waals surface area contributed by atoms with Gasteiger partial charge in [-0.15, -0.1) is 0 Å². The molecule has 0 heterocycles. The Kier molecular flexibility index (Phi) is 11.2. The lowest BCUT2D eigenvalue weighted by Gasteiger charge is -2.30. The Morgan fingerprint density at radius 3 is 1.52 bits per heavy atom. The van der Waals surface area contributed by atoms with Gasteiger partial charge in [0.15, 0.2) is 0 Å². The van der Waals surface area contributed by atoms with Crippen LogP contribution in [0.3, 0.4) is 0 Å². The van der Waals surface area contributed by atoms with Crippen molar-refractivity contribution in [1.82, 2.24) is 0 Å². The smallest absolute Gasteiger partial charge is 0.0615 e. The topological polar surface area (TPSA) is 106 Å². The molecule has 6 N–H and O–H groups in total. The van der Waals surface area contributed by atoms with E-state index in [1.165, 1.54) is 0 Å². The third-order valence-corrected chi connectivity index (χ3v) is 2.89. The molecule has 6 heteroatoms. The maximum Gasteiger partial charge on any atom is 0.0615 e. The summed E-state index contributed by atoms with van der Waals surface area (Å²) >= 11 is 0. The summed E-state index contributed by atoms with van der Waals surface area (Å²) in [7, 11) is 0. The molecule has 0 aliphatic rings. The van der Waals surface area contributed by atoms with Gasteiger partial charge in [0.25, 0.3) is 0 Å². The Morgan fingerprint density at radius 2 is 1.14 bits per heavy atom. The summed E-state index contributed by atoms with van der Waals surface area (Å²) in [4.78, 5) is 0. The van der Waals surface area contributed by atoms with Crippen LogP contribution in [0.15, 0.2) is 0 Å². The quantitative estimate of drug-likeness (QED) is 0.427. The van der Waals surface area contributed by atoms with Crippen molar-refractivity contribution in [2.75, 3.05) is 39.6 Å². The van der Waals surface area contributed by atoms with Crippen molar-refractivity contribution in [2.24, 2.45) is 22.6 Å². The largest absolute Gasteiger partial charge is 0.380 e. The highest BCUT2D eigenvalue weighted by Crippen LogP contribution is 2.23. The van der Waals surface area contributed by atoms with Crippen LogP contribution in [0.25, 0.3) is 0 Å². The molecule has 0 spiro atoms. The number of ether oxygens (including phenoxy) is 3. The molecule has 0 saturated heterocycles. The first-order valence-electron chi connectivity index (χ1n) is 7.75. The van der Waals surface area contributed by atoms with Gasteiger partial charge in [0.1, 0.15) is 0 Å². The van der Waals surface area contributed by atoms with E-state index in [9.17, 15) is 0 Å². The summed E-state index contributed by atoms with van der Waals surface area (Å²) in [5.74, 6) is 0. The summed E-state index contributed by atoms with van der Waals surface area (Å²) in [6.45, 7) is 11.4. The summed E-state index contributed by atoms with van der Waals surface area (Å²) in [6.07, 6.45) is 0.845. The van der Waals surface area contributed by atoms with Gasteiger partial charge >= 0.3 is 0 Å². The Hall–Kier alpha value is -0.240. The Labute approximate surface area is 129 Å². The van der Waals surface area contributed by atoms with E-state index in [4.69, 9.17) is 31.4 Å². The van der Waals surface area contributed by atoms with Gasteiger partial charge in [-0.05, 0) is 27.2 Å². The second-order valence-corrected chi connectivity index (χ2v) is 6.60. The molecule has 0 saturated carbocycles. The van der Waals surface area contributed by atoms with Crippen LogP contribution in [-0.2, 0) is 14.2 Å². The van der Waals surface area contributed by atoms with Crippen molar-refractivity contribution in [3.8, 4) is 0 Å². The molecule has 0 aromatic heterocycles. The average molecular weight is 305 g/mol. The predicted molar refractivity (Wildman–Crippen MR) is 86.1 cm³/mol. The molecule has 0 bridgehead atoms. The molecule has 6 nitrogen and oxygen atoms in total. The Morgan fingerprint density at radius 1 is 0.762 bits per heavy atom. The SMILES string of the molecule is CC(N)COCCC(C)(COCC(C)N)COCC(C)N. The highest BCUT2D eigenvalue weighted by atomic mass is 16.5. The molecule has 0 amide bonds. The highest BCUT2D eigenvalue weighted by Gasteiger charge is 2.25. The molecular weight excluding hydrogens is 270 g/mol. The normalized spacial score (nSPS) is 19.0. The fourth-order valence-corrected chi connectivity index (χ4v) is 1.76. The van der Waals surface area contributed by atoms with Crippen LogP contribution in [0, 0.1) is 5.41 Å². The molecular formula is C15H35N3O3. The molecule has 0 aliphatic heterocycles. The molecule has 0 aliphatic carbocycles. The van der Waals surface area contributed by atoms with Crippen LogP contribution in [-0.4, -0.2) is 57.8 Å². The van der Waals surface area contributed by atoms with E-state index in [1.807, 2.05) is 20.8 Å². The highest BCUT2D eigenvalue weighted by molar-refractivity contribution is 4.74. The summed E-state index contributed by atoms with van der Waals surface area (Å²) < 4.78 is 16.9. The molecule has 21 heavy (non-hydrogen) atoms. The summed E-state index contributed by atoms with van der Waals surface area (Å²) in [5, 5.41) is 0. The molecule has 3 atom stereocenters. The minimum absolute atomic E-state index is 0.0357. The fourth-order valence-electron chi connectivity index (χ4n) is 1.76. The van der Waals surface area contributed by atoms with Gasteiger partial charge in [-0.25, -0.2) is 0 Å². The van der Waals surface area contributed by atoms with Crippen LogP contribution in [0.1, 0.15) is 34.1 Å². The lowest BCUT2D eigenvalue weighted by molar-refractivity contribution is -0.0351. The predicted octanol–water partition coefficient (Wildman–Crippen LogP) is 0.474. The number of nitrogens with two attached hydrogens (primary N) is 3. The fraction of sp³-hybridized carbons (Fsp3) is 1.00. The monoisotopic (exact) mass is 305 g/mol. The molecule has 0 fully saturated rings.